The van der Waals surface area contributed by atoms with E-state index in [4.69, 9.17) is 10.00 Å². The van der Waals surface area contributed by atoms with E-state index in [-0.39, 0.29) is 6.09 Å². The van der Waals surface area contributed by atoms with Crippen LogP contribution in [0.15, 0.2) is 24.3 Å². The lowest BCUT2D eigenvalue weighted by molar-refractivity contribution is 0.0506. The van der Waals surface area contributed by atoms with Crippen LogP contribution < -0.4 is 5.32 Å². The van der Waals surface area contributed by atoms with Crippen molar-refractivity contribution in [1.29, 1.82) is 5.26 Å². The maximum Gasteiger partial charge on any atom is 0.407 e. The van der Waals surface area contributed by atoms with Crippen molar-refractivity contribution in [2.75, 3.05) is 19.6 Å². The Morgan fingerprint density at radius 1 is 1.46 bits per heavy atom. The van der Waals surface area contributed by atoms with Crippen LogP contribution in [-0.4, -0.2) is 36.2 Å². The topological polar surface area (TPSA) is 65.4 Å². The number of carbonyl (C=O) groups excluding carboxylic acids is 1. The van der Waals surface area contributed by atoms with E-state index >= 15 is 0 Å². The second kappa shape index (κ2) is 8.16. The van der Waals surface area contributed by atoms with E-state index < -0.39 is 5.60 Å². The van der Waals surface area contributed by atoms with E-state index in [1.807, 2.05) is 39.0 Å². The number of carbonyl (C=O) groups is 1. The molecular weight excluding hydrogens is 302 g/mol. The molecule has 130 valence electrons. The molecule has 0 saturated carbocycles. The zero-order chi connectivity index (χ0) is 17.6. The number of hydrogen-bond donors (Lipinski definition) is 1. The van der Waals surface area contributed by atoms with Crippen LogP contribution in [-0.2, 0) is 11.3 Å². The molecule has 0 spiro atoms. The van der Waals surface area contributed by atoms with Gasteiger partial charge in [-0.25, -0.2) is 4.79 Å². The van der Waals surface area contributed by atoms with E-state index in [1.54, 1.807) is 0 Å². The van der Waals surface area contributed by atoms with Gasteiger partial charge in [-0.05, 0) is 63.8 Å². The van der Waals surface area contributed by atoms with Gasteiger partial charge in [0, 0.05) is 19.6 Å². The minimum Gasteiger partial charge on any atom is -0.444 e. The third-order valence-corrected chi connectivity index (χ3v) is 4.00. The van der Waals surface area contributed by atoms with Crippen LogP contribution >= 0.6 is 0 Å². The number of hydrogen-bond acceptors (Lipinski definition) is 4. The first-order valence-electron chi connectivity index (χ1n) is 8.54. The van der Waals surface area contributed by atoms with Gasteiger partial charge in [-0.2, -0.15) is 5.26 Å². The van der Waals surface area contributed by atoms with Crippen LogP contribution in [0, 0.1) is 17.2 Å². The number of nitrogens with one attached hydrogen (secondary N) is 1. The summed E-state index contributed by atoms with van der Waals surface area (Å²) >= 11 is 0. The van der Waals surface area contributed by atoms with Gasteiger partial charge in [-0.1, -0.05) is 12.1 Å². The molecule has 2 rings (SSSR count). The van der Waals surface area contributed by atoms with Gasteiger partial charge >= 0.3 is 6.09 Å². The lowest BCUT2D eigenvalue weighted by Crippen LogP contribution is -2.41. The van der Waals surface area contributed by atoms with Crippen molar-refractivity contribution in [3.63, 3.8) is 0 Å². The molecule has 1 amide bonds. The molecule has 0 aromatic heterocycles. The standard InChI is InChI=1S/C19H27N3O2/c1-19(2,3)24-18(23)21-12-17-8-5-9-22(14-17)13-16-7-4-6-15(10-16)11-20/h4,6-7,10,17H,5,8-9,12-14H2,1-3H3,(H,21,23). The minimum absolute atomic E-state index is 0.346. The molecule has 5 nitrogen and oxygen atoms in total. The van der Waals surface area contributed by atoms with Crippen molar-refractivity contribution >= 4 is 6.09 Å². The summed E-state index contributed by atoms with van der Waals surface area (Å²) in [7, 11) is 0. The molecule has 24 heavy (non-hydrogen) atoms. The van der Waals surface area contributed by atoms with Crippen LogP contribution in [0.5, 0.6) is 0 Å². The smallest absolute Gasteiger partial charge is 0.407 e. The summed E-state index contributed by atoms with van der Waals surface area (Å²) < 4.78 is 5.28. The van der Waals surface area contributed by atoms with Gasteiger partial charge in [0.1, 0.15) is 5.60 Å². The quantitative estimate of drug-likeness (QED) is 0.920. The fourth-order valence-corrected chi connectivity index (χ4v) is 3.00. The van der Waals surface area contributed by atoms with Crippen molar-refractivity contribution in [2.24, 2.45) is 5.92 Å². The second-order valence-corrected chi connectivity index (χ2v) is 7.44. The predicted octanol–water partition coefficient (Wildman–Crippen LogP) is 3.29. The molecule has 5 heteroatoms. The summed E-state index contributed by atoms with van der Waals surface area (Å²) in [5.74, 6) is 0.436. The highest BCUT2D eigenvalue weighted by molar-refractivity contribution is 5.67. The molecule has 1 saturated heterocycles. The molecule has 1 aliphatic heterocycles. The molecule has 1 atom stereocenters. The molecule has 0 bridgehead atoms. The average molecular weight is 329 g/mol. The van der Waals surface area contributed by atoms with Crippen molar-refractivity contribution in [3.8, 4) is 6.07 Å². The highest BCUT2D eigenvalue weighted by Gasteiger charge is 2.22. The third kappa shape index (κ3) is 6.21. The Hall–Kier alpha value is -2.06. The van der Waals surface area contributed by atoms with Crippen molar-refractivity contribution < 1.29 is 9.53 Å². The predicted molar refractivity (Wildman–Crippen MR) is 93.4 cm³/mol. The first kappa shape index (κ1) is 18.3. The number of likely N-dealkylation sites (tertiary alicyclic amines) is 1. The maximum atomic E-state index is 11.8. The molecule has 1 aliphatic rings. The number of piperidine rings is 1. The molecule has 1 N–H and O–H groups in total. The normalized spacial score (nSPS) is 18.7. The Morgan fingerprint density at radius 2 is 2.25 bits per heavy atom. The summed E-state index contributed by atoms with van der Waals surface area (Å²) in [5.41, 5.74) is 1.40. The molecule has 1 aromatic carbocycles. The van der Waals surface area contributed by atoms with Gasteiger partial charge in [0.05, 0.1) is 11.6 Å². The van der Waals surface area contributed by atoms with Gasteiger partial charge in [0.25, 0.3) is 0 Å². The highest BCUT2D eigenvalue weighted by Crippen LogP contribution is 2.19. The van der Waals surface area contributed by atoms with Crippen molar-refractivity contribution in [2.45, 2.75) is 45.8 Å². The first-order chi connectivity index (χ1) is 11.4. The Morgan fingerprint density at radius 3 is 2.96 bits per heavy atom. The van der Waals surface area contributed by atoms with Crippen LogP contribution in [0.1, 0.15) is 44.7 Å². The van der Waals surface area contributed by atoms with Crippen LogP contribution in [0.4, 0.5) is 4.79 Å². The van der Waals surface area contributed by atoms with E-state index in [2.05, 4.69) is 22.4 Å². The monoisotopic (exact) mass is 329 g/mol. The molecule has 1 fully saturated rings. The number of rotatable bonds is 4. The first-order valence-corrected chi connectivity index (χ1v) is 8.54. The largest absolute Gasteiger partial charge is 0.444 e. The summed E-state index contributed by atoms with van der Waals surface area (Å²) in [5, 5.41) is 11.9. The van der Waals surface area contributed by atoms with Gasteiger partial charge < -0.3 is 10.1 Å². The van der Waals surface area contributed by atoms with Gasteiger partial charge in [-0.15, -0.1) is 0 Å². The van der Waals surface area contributed by atoms with E-state index in [1.165, 1.54) is 0 Å². The molecule has 0 radical (unpaired) electrons. The lowest BCUT2D eigenvalue weighted by atomic mass is 9.97. The van der Waals surface area contributed by atoms with Crippen molar-refractivity contribution in [3.05, 3.63) is 35.4 Å². The zero-order valence-corrected chi connectivity index (χ0v) is 14.8. The van der Waals surface area contributed by atoms with E-state index in [0.29, 0.717) is 18.0 Å². The average Bonchev–Trinajstić information content (AvgIpc) is 2.52. The summed E-state index contributed by atoms with van der Waals surface area (Å²) in [6.45, 7) is 9.09. The van der Waals surface area contributed by atoms with Crippen LogP contribution in [0.25, 0.3) is 0 Å². The minimum atomic E-state index is -0.464. The van der Waals surface area contributed by atoms with Gasteiger partial charge in [0.2, 0.25) is 0 Å². The number of ether oxygens (including phenoxy) is 1. The Balaban J connectivity index is 1.81. The molecule has 0 aliphatic carbocycles. The number of nitrogens with zero attached hydrogens (tertiary/aromatic N) is 2. The van der Waals surface area contributed by atoms with Crippen LogP contribution in [0.2, 0.25) is 0 Å². The van der Waals surface area contributed by atoms with E-state index in [0.717, 1.165) is 38.0 Å². The number of benzene rings is 1. The highest BCUT2D eigenvalue weighted by atomic mass is 16.6. The van der Waals surface area contributed by atoms with Crippen LogP contribution in [0.3, 0.4) is 0 Å². The zero-order valence-electron chi connectivity index (χ0n) is 14.8. The fraction of sp³-hybridized carbons (Fsp3) is 0.579. The second-order valence-electron chi connectivity index (χ2n) is 7.44. The molecule has 1 heterocycles. The third-order valence-electron chi connectivity index (χ3n) is 4.00. The molecule has 1 unspecified atom stereocenters. The molecule has 1 aromatic rings. The molecular formula is C19H27N3O2. The number of nitriles is 1. The Kier molecular flexibility index (Phi) is 6.22. The van der Waals surface area contributed by atoms with Gasteiger partial charge in [0.15, 0.2) is 0 Å². The summed E-state index contributed by atoms with van der Waals surface area (Å²) in [4.78, 5) is 14.2. The number of alkyl carbamates (subject to hydrolysis) is 1. The number of amides is 1. The Labute approximate surface area is 144 Å². The Bertz CT molecular complexity index is 601. The SMILES string of the molecule is CC(C)(C)OC(=O)NCC1CCCN(Cc2cccc(C#N)c2)C1. The summed E-state index contributed by atoms with van der Waals surface area (Å²) in [6, 6.07) is 9.95. The van der Waals surface area contributed by atoms with Gasteiger partial charge in [-0.3, -0.25) is 4.90 Å². The van der Waals surface area contributed by atoms with E-state index in [9.17, 15) is 4.79 Å². The lowest BCUT2D eigenvalue weighted by Gasteiger charge is -2.33. The maximum absolute atomic E-state index is 11.8. The summed E-state index contributed by atoms with van der Waals surface area (Å²) in [6.07, 6.45) is 1.89. The van der Waals surface area contributed by atoms with Crippen molar-refractivity contribution in [1.82, 2.24) is 10.2 Å². The fourth-order valence-electron chi connectivity index (χ4n) is 3.00.